The van der Waals surface area contributed by atoms with Crippen LogP contribution in [0.25, 0.3) is 0 Å². The highest BCUT2D eigenvalue weighted by molar-refractivity contribution is 5.82. The lowest BCUT2D eigenvalue weighted by atomic mass is 9.92. The van der Waals surface area contributed by atoms with Gasteiger partial charge in [0.25, 0.3) is 0 Å². The van der Waals surface area contributed by atoms with Crippen LogP contribution in [0.3, 0.4) is 0 Å². The third-order valence-electron chi connectivity index (χ3n) is 3.29. The van der Waals surface area contributed by atoms with Gasteiger partial charge in [0.1, 0.15) is 11.4 Å². The van der Waals surface area contributed by atoms with Crippen molar-refractivity contribution in [1.82, 2.24) is 0 Å². The molecule has 0 saturated heterocycles. The second kappa shape index (κ2) is 5.68. The Balaban J connectivity index is 3.13. The molecule has 0 aromatic heterocycles. The van der Waals surface area contributed by atoms with Gasteiger partial charge in [0.2, 0.25) is 0 Å². The summed E-state index contributed by atoms with van der Waals surface area (Å²) in [6.45, 7) is 3.21. The van der Waals surface area contributed by atoms with Crippen molar-refractivity contribution in [3.05, 3.63) is 29.6 Å². The van der Waals surface area contributed by atoms with E-state index in [1.54, 1.807) is 13.8 Å². The monoisotopic (exact) mass is 293 g/mol. The van der Waals surface area contributed by atoms with Crippen molar-refractivity contribution >= 4 is 11.7 Å². The van der Waals surface area contributed by atoms with E-state index >= 15 is 0 Å². The number of carbonyl (C=O) groups is 1. The number of benzene rings is 1. The Hall–Kier alpha value is -1.79. The van der Waals surface area contributed by atoms with Crippen molar-refractivity contribution < 1.29 is 27.5 Å². The fraction of sp³-hybridized carbons (Fsp3) is 0.462. The lowest BCUT2D eigenvalue weighted by molar-refractivity contribution is -0.142. The van der Waals surface area contributed by atoms with Crippen LogP contribution in [0.15, 0.2) is 18.2 Å². The normalized spacial score (nSPS) is 12.3. The molecule has 1 aromatic carbocycles. The number of anilines is 1. The molecule has 0 heterocycles. The highest BCUT2D eigenvalue weighted by atomic mass is 19.4. The first-order chi connectivity index (χ1) is 9.16. The molecular weight excluding hydrogens is 278 g/mol. The fourth-order valence-electron chi connectivity index (χ4n) is 1.83. The minimum absolute atomic E-state index is 0.166. The maximum atomic E-state index is 13.7. The van der Waals surface area contributed by atoms with Crippen LogP contribution < -0.4 is 5.32 Å². The number of nitrogens with one attached hydrogen (secondary N) is 1. The number of carboxylic acids is 1. The number of carboxylic acid groups (broad SMARTS) is 1. The Morgan fingerprint density at radius 1 is 1.25 bits per heavy atom. The predicted octanol–water partition coefficient (Wildman–Crippen LogP) is 3.90. The molecule has 0 aliphatic rings. The van der Waals surface area contributed by atoms with Crippen LogP contribution in [0.2, 0.25) is 0 Å². The smallest absolute Gasteiger partial charge is 0.416 e. The molecule has 0 atom stereocenters. The molecule has 1 rings (SSSR count). The zero-order valence-corrected chi connectivity index (χ0v) is 11.0. The van der Waals surface area contributed by atoms with Gasteiger partial charge in [-0.05, 0) is 31.0 Å². The average molecular weight is 293 g/mol. The van der Waals surface area contributed by atoms with Crippen molar-refractivity contribution in [2.45, 2.75) is 38.4 Å². The first-order valence-electron chi connectivity index (χ1n) is 6.04. The Morgan fingerprint density at radius 3 is 2.15 bits per heavy atom. The molecule has 0 fully saturated rings. The molecular formula is C13H15F4NO2. The van der Waals surface area contributed by atoms with Crippen molar-refractivity contribution in [2.24, 2.45) is 0 Å². The molecule has 0 unspecified atom stereocenters. The Bertz CT molecular complexity index is 496. The van der Waals surface area contributed by atoms with Crippen molar-refractivity contribution in [1.29, 1.82) is 0 Å². The number of halogens is 4. The Labute approximate surface area is 113 Å². The van der Waals surface area contributed by atoms with Crippen LogP contribution in [0, 0.1) is 5.82 Å². The van der Waals surface area contributed by atoms with Gasteiger partial charge in [-0.25, -0.2) is 9.18 Å². The second-order valence-electron chi connectivity index (χ2n) is 4.41. The SMILES string of the molecule is CCC(CC)(Nc1ccc(C(F)(F)F)cc1F)C(=O)O. The summed E-state index contributed by atoms with van der Waals surface area (Å²) in [5, 5.41) is 11.7. The van der Waals surface area contributed by atoms with E-state index in [-0.39, 0.29) is 18.5 Å². The molecule has 3 nitrogen and oxygen atoms in total. The third kappa shape index (κ3) is 3.20. The first-order valence-corrected chi connectivity index (χ1v) is 6.04. The van der Waals surface area contributed by atoms with Crippen LogP contribution in [-0.2, 0) is 11.0 Å². The van der Waals surface area contributed by atoms with E-state index in [2.05, 4.69) is 5.32 Å². The van der Waals surface area contributed by atoms with Crippen LogP contribution in [-0.4, -0.2) is 16.6 Å². The van der Waals surface area contributed by atoms with Gasteiger partial charge < -0.3 is 10.4 Å². The summed E-state index contributed by atoms with van der Waals surface area (Å²) in [5.41, 5.74) is -2.78. The maximum Gasteiger partial charge on any atom is 0.416 e. The van der Waals surface area contributed by atoms with E-state index in [0.717, 1.165) is 6.07 Å². The number of hydrogen-bond donors (Lipinski definition) is 2. The summed E-state index contributed by atoms with van der Waals surface area (Å²) < 4.78 is 50.9. The molecule has 2 N–H and O–H groups in total. The molecule has 0 saturated carbocycles. The van der Waals surface area contributed by atoms with Gasteiger partial charge >= 0.3 is 12.1 Å². The van der Waals surface area contributed by atoms with Gasteiger partial charge in [-0.1, -0.05) is 13.8 Å². The number of alkyl halides is 3. The molecule has 112 valence electrons. The van der Waals surface area contributed by atoms with Crippen LogP contribution in [0.1, 0.15) is 32.3 Å². The minimum atomic E-state index is -4.64. The molecule has 20 heavy (non-hydrogen) atoms. The Kier molecular flexibility index (Phi) is 4.62. The lowest BCUT2D eigenvalue weighted by Gasteiger charge is -2.29. The summed E-state index contributed by atoms with van der Waals surface area (Å²) in [6.07, 6.45) is -4.31. The second-order valence-corrected chi connectivity index (χ2v) is 4.41. The van der Waals surface area contributed by atoms with Crippen LogP contribution >= 0.6 is 0 Å². The van der Waals surface area contributed by atoms with E-state index in [4.69, 9.17) is 0 Å². The zero-order chi connectivity index (χ0) is 15.6. The predicted molar refractivity (Wildman–Crippen MR) is 66.0 cm³/mol. The highest BCUT2D eigenvalue weighted by Crippen LogP contribution is 2.32. The number of hydrogen-bond acceptors (Lipinski definition) is 2. The summed E-state index contributed by atoms with van der Waals surface area (Å²) in [5.74, 6) is -2.31. The molecule has 0 aliphatic heterocycles. The maximum absolute atomic E-state index is 13.7. The topological polar surface area (TPSA) is 49.3 Å². The summed E-state index contributed by atoms with van der Waals surface area (Å²) >= 11 is 0. The summed E-state index contributed by atoms with van der Waals surface area (Å²) in [6, 6.07) is 1.96. The number of rotatable bonds is 5. The van der Waals surface area contributed by atoms with Gasteiger partial charge in [-0.3, -0.25) is 0 Å². The van der Waals surface area contributed by atoms with E-state index in [0.29, 0.717) is 12.1 Å². The van der Waals surface area contributed by atoms with Crippen LogP contribution in [0.5, 0.6) is 0 Å². The van der Waals surface area contributed by atoms with Gasteiger partial charge in [-0.2, -0.15) is 13.2 Å². The van der Waals surface area contributed by atoms with Gasteiger partial charge in [0.15, 0.2) is 0 Å². The molecule has 0 amide bonds. The number of aliphatic carboxylic acids is 1. The van der Waals surface area contributed by atoms with Gasteiger partial charge in [0, 0.05) is 0 Å². The highest BCUT2D eigenvalue weighted by Gasteiger charge is 2.36. The van der Waals surface area contributed by atoms with Crippen molar-refractivity contribution in [3.8, 4) is 0 Å². The third-order valence-corrected chi connectivity index (χ3v) is 3.29. The quantitative estimate of drug-likeness (QED) is 0.809. The van der Waals surface area contributed by atoms with E-state index in [9.17, 15) is 27.5 Å². The largest absolute Gasteiger partial charge is 0.480 e. The summed E-state index contributed by atoms with van der Waals surface area (Å²) in [4.78, 5) is 11.3. The van der Waals surface area contributed by atoms with Gasteiger partial charge in [-0.15, -0.1) is 0 Å². The molecule has 7 heteroatoms. The van der Waals surface area contributed by atoms with E-state index < -0.39 is 29.1 Å². The van der Waals surface area contributed by atoms with E-state index in [1.165, 1.54) is 0 Å². The first kappa shape index (κ1) is 16.3. The molecule has 0 radical (unpaired) electrons. The average Bonchev–Trinajstić information content (AvgIpc) is 2.36. The molecule has 0 aliphatic carbocycles. The van der Waals surface area contributed by atoms with Crippen molar-refractivity contribution in [3.63, 3.8) is 0 Å². The molecule has 0 spiro atoms. The van der Waals surface area contributed by atoms with Crippen molar-refractivity contribution in [2.75, 3.05) is 5.32 Å². The van der Waals surface area contributed by atoms with Gasteiger partial charge in [0.05, 0.1) is 11.3 Å². The van der Waals surface area contributed by atoms with Crippen LogP contribution in [0.4, 0.5) is 23.2 Å². The Morgan fingerprint density at radius 2 is 1.80 bits per heavy atom. The van der Waals surface area contributed by atoms with E-state index in [1.807, 2.05) is 0 Å². The summed E-state index contributed by atoms with van der Waals surface area (Å²) in [7, 11) is 0. The fourth-order valence-corrected chi connectivity index (χ4v) is 1.83. The zero-order valence-electron chi connectivity index (χ0n) is 11.0. The molecule has 1 aromatic rings. The molecule has 0 bridgehead atoms. The standard InChI is InChI=1S/C13H15F4NO2/c1-3-12(4-2,11(19)20)18-10-6-5-8(7-9(10)14)13(15,16)17/h5-7,18H,3-4H2,1-2H3,(H,19,20). The lowest BCUT2D eigenvalue weighted by Crippen LogP contribution is -2.45. The minimum Gasteiger partial charge on any atom is -0.480 e.